The fourth-order valence-electron chi connectivity index (χ4n) is 3.21. The molecule has 2 aliphatic rings. The molecule has 0 spiro atoms. The lowest BCUT2D eigenvalue weighted by atomic mass is 10.2. The zero-order chi connectivity index (χ0) is 18.4. The maximum atomic E-state index is 10.5. The lowest BCUT2D eigenvalue weighted by molar-refractivity contribution is 0.420. The van der Waals surface area contributed by atoms with Gasteiger partial charge in [0.15, 0.2) is 11.0 Å². The predicted octanol–water partition coefficient (Wildman–Crippen LogP) is 3.95. The van der Waals surface area contributed by atoms with Crippen LogP contribution in [0.3, 0.4) is 0 Å². The quantitative estimate of drug-likeness (QED) is 0.382. The van der Waals surface area contributed by atoms with Crippen LogP contribution in [0.25, 0.3) is 16.6 Å². The van der Waals surface area contributed by atoms with Crippen molar-refractivity contribution in [3.05, 3.63) is 41.7 Å². The molecule has 2 fully saturated rings. The van der Waals surface area contributed by atoms with Gasteiger partial charge in [0.25, 0.3) is 0 Å². The van der Waals surface area contributed by atoms with E-state index in [-0.39, 0.29) is 17.1 Å². The van der Waals surface area contributed by atoms with Crippen LogP contribution in [0.4, 0.5) is 0 Å². The third-order valence-electron chi connectivity index (χ3n) is 4.91. The number of hydrogen-bond acceptors (Lipinski definition) is 6. The number of aliphatic hydroxyl groups excluding tert-OH is 1. The van der Waals surface area contributed by atoms with E-state index in [1.54, 1.807) is 0 Å². The van der Waals surface area contributed by atoms with Gasteiger partial charge in [-0.1, -0.05) is 23.9 Å². The lowest BCUT2D eigenvalue weighted by Gasteiger charge is -2.08. The van der Waals surface area contributed by atoms with Gasteiger partial charge in [0.2, 0.25) is 0 Å². The summed E-state index contributed by atoms with van der Waals surface area (Å²) >= 11 is 1.42. The number of para-hydroxylation sites is 2. The molecule has 2 aliphatic carbocycles. The molecular weight excluding hydrogens is 360 g/mol. The van der Waals surface area contributed by atoms with Crippen molar-refractivity contribution in [2.45, 2.75) is 42.8 Å². The van der Waals surface area contributed by atoms with Crippen molar-refractivity contribution in [2.24, 2.45) is 0 Å². The molecule has 0 aliphatic heterocycles. The predicted molar refractivity (Wildman–Crippen MR) is 102 cm³/mol. The molecule has 2 N–H and O–H groups in total. The standard InChI is InChI=1S/C19H18N6OS/c20-9-13(17-21-14-3-1-2-4-15(14)22-17)16(26)10-27-19-24-23-18(11-5-6-11)25(19)12-7-8-12/h1-4,11-12,26H,5-8,10H2,(H,21,22)/b16-13-. The number of imidazole rings is 1. The van der Waals surface area contributed by atoms with Crippen molar-refractivity contribution >= 4 is 28.4 Å². The molecular formula is C19H18N6OS. The first-order chi connectivity index (χ1) is 13.2. The third kappa shape index (κ3) is 3.08. The first-order valence-electron chi connectivity index (χ1n) is 9.09. The van der Waals surface area contributed by atoms with Crippen LogP contribution in [0.5, 0.6) is 0 Å². The van der Waals surface area contributed by atoms with Crippen molar-refractivity contribution in [1.29, 1.82) is 5.26 Å². The Morgan fingerprint density at radius 1 is 1.26 bits per heavy atom. The number of nitriles is 1. The van der Waals surface area contributed by atoms with Crippen LogP contribution in [0.15, 0.2) is 35.2 Å². The number of H-pyrrole nitrogens is 1. The summed E-state index contributed by atoms with van der Waals surface area (Å²) in [6, 6.07) is 10.1. The van der Waals surface area contributed by atoms with Crippen molar-refractivity contribution in [1.82, 2.24) is 24.7 Å². The van der Waals surface area contributed by atoms with E-state index in [9.17, 15) is 10.4 Å². The van der Waals surface area contributed by atoms with Crippen LogP contribution in [0.1, 0.15) is 49.3 Å². The van der Waals surface area contributed by atoms with Crippen LogP contribution >= 0.6 is 11.8 Å². The summed E-state index contributed by atoms with van der Waals surface area (Å²) < 4.78 is 2.24. The van der Waals surface area contributed by atoms with Gasteiger partial charge < -0.3 is 14.7 Å². The second-order valence-electron chi connectivity index (χ2n) is 7.04. The summed E-state index contributed by atoms with van der Waals surface area (Å²) in [4.78, 5) is 7.51. The summed E-state index contributed by atoms with van der Waals surface area (Å²) in [5, 5.41) is 29.6. The molecule has 1 aromatic carbocycles. The number of nitrogens with one attached hydrogen (secondary N) is 1. The minimum Gasteiger partial charge on any atom is -0.510 e. The Morgan fingerprint density at radius 3 is 2.78 bits per heavy atom. The number of allylic oxidation sites excluding steroid dienone is 1. The molecule has 0 unspecified atom stereocenters. The van der Waals surface area contributed by atoms with Gasteiger partial charge in [0.05, 0.1) is 16.8 Å². The summed E-state index contributed by atoms with van der Waals surface area (Å²) in [5.74, 6) is 2.28. The maximum Gasteiger partial charge on any atom is 0.191 e. The smallest absolute Gasteiger partial charge is 0.191 e. The number of aromatic nitrogens is 5. The molecule has 27 heavy (non-hydrogen) atoms. The fourth-order valence-corrected chi connectivity index (χ4v) is 4.10. The minimum absolute atomic E-state index is 0.000116. The van der Waals surface area contributed by atoms with Gasteiger partial charge in [0, 0.05) is 12.0 Å². The van der Waals surface area contributed by atoms with Crippen molar-refractivity contribution < 1.29 is 5.11 Å². The minimum atomic E-state index is -0.000116. The van der Waals surface area contributed by atoms with Crippen molar-refractivity contribution in [3.8, 4) is 6.07 Å². The van der Waals surface area contributed by atoms with E-state index in [0.717, 1.165) is 34.9 Å². The number of thioether (sulfide) groups is 1. The van der Waals surface area contributed by atoms with Gasteiger partial charge in [-0.05, 0) is 37.8 Å². The van der Waals surface area contributed by atoms with Crippen LogP contribution in [-0.2, 0) is 0 Å². The topological polar surface area (TPSA) is 103 Å². The molecule has 0 atom stereocenters. The van der Waals surface area contributed by atoms with Gasteiger partial charge in [-0.2, -0.15) is 5.26 Å². The molecule has 8 heteroatoms. The average Bonchev–Trinajstić information content (AvgIpc) is 3.61. The van der Waals surface area contributed by atoms with Crippen LogP contribution in [-0.4, -0.2) is 35.6 Å². The van der Waals surface area contributed by atoms with E-state index in [0.29, 0.717) is 17.8 Å². The highest BCUT2D eigenvalue weighted by atomic mass is 32.2. The fraction of sp³-hybridized carbons (Fsp3) is 0.368. The zero-order valence-electron chi connectivity index (χ0n) is 14.6. The number of hydrogen-bond donors (Lipinski definition) is 2. The summed E-state index contributed by atoms with van der Waals surface area (Å²) in [7, 11) is 0. The van der Waals surface area contributed by atoms with Crippen LogP contribution < -0.4 is 0 Å². The Kier molecular flexibility index (Phi) is 3.90. The SMILES string of the molecule is N#C/C(=C(/O)CSc1nnc(C2CC2)n1C1CC1)c1nc2ccccc2[nH]1. The molecule has 0 saturated heterocycles. The van der Waals surface area contributed by atoms with Crippen LogP contribution in [0.2, 0.25) is 0 Å². The number of benzene rings is 1. The van der Waals surface area contributed by atoms with E-state index in [1.807, 2.05) is 24.3 Å². The highest BCUT2D eigenvalue weighted by Crippen LogP contribution is 2.46. The zero-order valence-corrected chi connectivity index (χ0v) is 15.4. The Balaban J connectivity index is 1.40. The molecule has 2 saturated carbocycles. The van der Waals surface area contributed by atoms with Gasteiger partial charge in [0.1, 0.15) is 23.2 Å². The molecule has 0 radical (unpaired) electrons. The van der Waals surface area contributed by atoms with E-state index in [2.05, 4.69) is 30.8 Å². The number of aliphatic hydroxyl groups is 1. The molecule has 0 amide bonds. The van der Waals surface area contributed by atoms with Crippen LogP contribution in [0, 0.1) is 11.3 Å². The molecule has 2 heterocycles. The summed E-state index contributed by atoms with van der Waals surface area (Å²) in [6.07, 6.45) is 4.70. The third-order valence-corrected chi connectivity index (χ3v) is 5.86. The monoisotopic (exact) mass is 378 g/mol. The maximum absolute atomic E-state index is 10.5. The average molecular weight is 378 g/mol. The second-order valence-corrected chi connectivity index (χ2v) is 7.98. The Morgan fingerprint density at radius 2 is 2.07 bits per heavy atom. The molecule has 3 aromatic rings. The number of nitrogens with zero attached hydrogens (tertiary/aromatic N) is 5. The molecule has 5 rings (SSSR count). The normalized spacial score (nSPS) is 17.7. The number of aromatic amines is 1. The molecule has 0 bridgehead atoms. The first-order valence-corrected chi connectivity index (χ1v) is 10.1. The van der Waals surface area contributed by atoms with Gasteiger partial charge in [-0.3, -0.25) is 0 Å². The molecule has 7 nitrogen and oxygen atoms in total. The number of rotatable bonds is 6. The summed E-state index contributed by atoms with van der Waals surface area (Å²) in [6.45, 7) is 0. The first kappa shape index (κ1) is 16.4. The van der Waals surface area contributed by atoms with E-state index < -0.39 is 0 Å². The molecule has 136 valence electrons. The highest BCUT2D eigenvalue weighted by molar-refractivity contribution is 7.99. The van der Waals surface area contributed by atoms with Gasteiger partial charge >= 0.3 is 0 Å². The Bertz CT molecular complexity index is 1050. The molecule has 2 aromatic heterocycles. The Labute approximate surface area is 160 Å². The highest BCUT2D eigenvalue weighted by Gasteiger charge is 2.36. The van der Waals surface area contributed by atoms with Gasteiger partial charge in [-0.25, -0.2) is 4.98 Å². The Hall–Kier alpha value is -2.79. The van der Waals surface area contributed by atoms with Crippen molar-refractivity contribution in [3.63, 3.8) is 0 Å². The number of fused-ring (bicyclic) bond motifs is 1. The van der Waals surface area contributed by atoms with Crippen molar-refractivity contribution in [2.75, 3.05) is 5.75 Å². The largest absolute Gasteiger partial charge is 0.510 e. The van der Waals surface area contributed by atoms with E-state index in [1.165, 1.54) is 24.6 Å². The lowest BCUT2D eigenvalue weighted by Crippen LogP contribution is -2.03. The van der Waals surface area contributed by atoms with Gasteiger partial charge in [-0.15, -0.1) is 10.2 Å². The van der Waals surface area contributed by atoms with E-state index in [4.69, 9.17) is 0 Å². The second kappa shape index (κ2) is 6.43. The van der Waals surface area contributed by atoms with E-state index >= 15 is 0 Å². The summed E-state index contributed by atoms with van der Waals surface area (Å²) in [5.41, 5.74) is 1.77.